The molecule has 1 amide bonds. The monoisotopic (exact) mass is 469 g/mol. The summed E-state index contributed by atoms with van der Waals surface area (Å²) in [5.41, 5.74) is -0.665. The molecule has 0 spiro atoms. The molecule has 178 valence electrons. The fraction of sp³-hybridized carbons (Fsp3) is 0.500. The number of amides is 1. The molecule has 1 aliphatic carbocycles. The molecule has 4 rings (SSSR count). The van der Waals surface area contributed by atoms with Crippen LogP contribution in [0.4, 0.5) is 23.2 Å². The number of carbonyl (C=O) groups is 2. The third kappa shape index (κ3) is 3.93. The molecule has 1 aromatic carbocycles. The van der Waals surface area contributed by atoms with E-state index in [1.54, 1.807) is 23.3 Å². The zero-order chi connectivity index (χ0) is 24.3. The molecule has 1 aromatic heterocycles. The van der Waals surface area contributed by atoms with E-state index in [-0.39, 0.29) is 36.7 Å². The number of carboxylic acids is 1. The van der Waals surface area contributed by atoms with Crippen LogP contribution < -0.4 is 15.6 Å². The Balaban J connectivity index is 1.69. The lowest BCUT2D eigenvalue weighted by atomic mass is 9.76. The predicted molar refractivity (Wildman–Crippen MR) is 112 cm³/mol. The number of aryl methyl sites for hydroxylation is 1. The Hall–Kier alpha value is -3.11. The van der Waals surface area contributed by atoms with Crippen LogP contribution >= 0.6 is 0 Å². The maximum Gasteiger partial charge on any atom is 0.471 e. The molecular weight excluding hydrogens is 446 g/mol. The van der Waals surface area contributed by atoms with Crippen molar-refractivity contribution in [3.8, 4) is 0 Å². The summed E-state index contributed by atoms with van der Waals surface area (Å²) in [5, 5.41) is 11.3. The van der Waals surface area contributed by atoms with Crippen molar-refractivity contribution in [3.05, 3.63) is 39.4 Å². The van der Waals surface area contributed by atoms with E-state index >= 15 is 4.39 Å². The molecule has 2 heterocycles. The van der Waals surface area contributed by atoms with Gasteiger partial charge < -0.3 is 19.9 Å². The fourth-order valence-corrected chi connectivity index (χ4v) is 4.60. The van der Waals surface area contributed by atoms with E-state index in [1.807, 2.05) is 5.32 Å². The summed E-state index contributed by atoms with van der Waals surface area (Å²) < 4.78 is 54.5. The van der Waals surface area contributed by atoms with E-state index in [1.165, 1.54) is 6.20 Å². The molecule has 7 nitrogen and oxygen atoms in total. The third-order valence-electron chi connectivity index (χ3n) is 6.65. The minimum absolute atomic E-state index is 0.0136. The van der Waals surface area contributed by atoms with Crippen molar-refractivity contribution >= 4 is 28.5 Å². The molecule has 2 fully saturated rings. The van der Waals surface area contributed by atoms with Crippen molar-refractivity contribution in [2.24, 2.45) is 5.41 Å². The summed E-state index contributed by atoms with van der Waals surface area (Å²) in [6.07, 6.45) is -1.57. The van der Waals surface area contributed by atoms with Gasteiger partial charge in [0.2, 0.25) is 5.43 Å². The maximum atomic E-state index is 15.2. The van der Waals surface area contributed by atoms with E-state index in [9.17, 15) is 32.7 Å². The zero-order valence-electron chi connectivity index (χ0n) is 18.1. The Morgan fingerprint density at radius 1 is 1.27 bits per heavy atom. The normalized spacial score (nSPS) is 17.7. The second-order valence-corrected chi connectivity index (χ2v) is 8.93. The number of nitrogens with one attached hydrogen (secondary N) is 1. The van der Waals surface area contributed by atoms with E-state index in [0.717, 1.165) is 18.9 Å². The number of rotatable bonds is 6. The number of halogens is 4. The van der Waals surface area contributed by atoms with Crippen LogP contribution in [0.3, 0.4) is 0 Å². The Morgan fingerprint density at radius 2 is 1.91 bits per heavy atom. The van der Waals surface area contributed by atoms with Crippen molar-refractivity contribution in [2.45, 2.75) is 45.3 Å². The largest absolute Gasteiger partial charge is 0.477 e. The lowest BCUT2D eigenvalue weighted by Gasteiger charge is -2.52. The van der Waals surface area contributed by atoms with Crippen LogP contribution in [0, 0.1) is 18.2 Å². The highest BCUT2D eigenvalue weighted by Crippen LogP contribution is 2.43. The topological polar surface area (TPSA) is 91.6 Å². The van der Waals surface area contributed by atoms with Gasteiger partial charge in [0.25, 0.3) is 0 Å². The van der Waals surface area contributed by atoms with Crippen molar-refractivity contribution in [1.82, 2.24) is 9.88 Å². The van der Waals surface area contributed by atoms with Gasteiger partial charge in [0.05, 0.1) is 11.2 Å². The van der Waals surface area contributed by atoms with E-state index in [4.69, 9.17) is 0 Å². The van der Waals surface area contributed by atoms with Crippen LogP contribution in [0.2, 0.25) is 0 Å². The summed E-state index contributed by atoms with van der Waals surface area (Å²) in [7, 11) is 0. The number of anilines is 1. The summed E-state index contributed by atoms with van der Waals surface area (Å²) >= 11 is 0. The third-order valence-corrected chi connectivity index (χ3v) is 6.65. The molecule has 1 aliphatic heterocycles. The lowest BCUT2D eigenvalue weighted by molar-refractivity contribution is -0.174. The van der Waals surface area contributed by atoms with Gasteiger partial charge in [-0.05, 0) is 37.8 Å². The first kappa shape index (κ1) is 23.1. The Morgan fingerprint density at radius 3 is 2.42 bits per heavy atom. The molecule has 0 radical (unpaired) electrons. The van der Waals surface area contributed by atoms with Crippen LogP contribution in [-0.4, -0.2) is 47.4 Å². The maximum absolute atomic E-state index is 15.2. The average molecular weight is 469 g/mol. The zero-order valence-corrected chi connectivity index (χ0v) is 18.1. The van der Waals surface area contributed by atoms with Crippen molar-refractivity contribution in [1.29, 1.82) is 0 Å². The van der Waals surface area contributed by atoms with Gasteiger partial charge in [0.15, 0.2) is 0 Å². The quantitative estimate of drug-likeness (QED) is 0.633. The number of carboxylic acid groups (broad SMARTS) is 1. The van der Waals surface area contributed by atoms with Gasteiger partial charge in [0.1, 0.15) is 11.4 Å². The summed E-state index contributed by atoms with van der Waals surface area (Å²) in [6, 6.07) is 1.06. The minimum atomic E-state index is -4.97. The first-order valence-corrected chi connectivity index (χ1v) is 10.6. The molecule has 33 heavy (non-hydrogen) atoms. The van der Waals surface area contributed by atoms with Gasteiger partial charge in [-0.3, -0.25) is 9.59 Å². The highest BCUT2D eigenvalue weighted by molar-refractivity contribution is 5.95. The fourth-order valence-electron chi connectivity index (χ4n) is 4.60. The molecule has 1 saturated heterocycles. The van der Waals surface area contributed by atoms with Crippen LogP contribution in [0.15, 0.2) is 17.1 Å². The average Bonchev–Trinajstić information content (AvgIpc) is 3.53. The van der Waals surface area contributed by atoms with Crippen molar-refractivity contribution in [3.63, 3.8) is 0 Å². The molecule has 0 unspecified atom stereocenters. The highest BCUT2D eigenvalue weighted by Gasteiger charge is 2.46. The number of benzene rings is 1. The molecule has 2 aromatic rings. The first-order valence-electron chi connectivity index (χ1n) is 10.6. The van der Waals surface area contributed by atoms with Crippen molar-refractivity contribution in [2.75, 3.05) is 24.5 Å². The van der Waals surface area contributed by atoms with Gasteiger partial charge in [-0.2, -0.15) is 13.2 Å². The van der Waals surface area contributed by atoms with Crippen LogP contribution in [-0.2, 0) is 4.79 Å². The van der Waals surface area contributed by atoms with Crippen LogP contribution in [0.1, 0.15) is 48.1 Å². The molecule has 11 heteroatoms. The number of hydrogen-bond donors (Lipinski definition) is 2. The minimum Gasteiger partial charge on any atom is -0.477 e. The highest BCUT2D eigenvalue weighted by atomic mass is 19.4. The SMILES string of the molecule is CCC1(CNC(=O)C(F)(F)F)CN(c2c(F)cc3c(=O)c(C(=O)O)cn(C4CC4)c3c2C)C1. The van der Waals surface area contributed by atoms with Gasteiger partial charge in [0, 0.05) is 42.7 Å². The number of aromatic nitrogens is 1. The number of nitrogens with zero attached hydrogens (tertiary/aromatic N) is 2. The summed E-state index contributed by atoms with van der Waals surface area (Å²) in [4.78, 5) is 37.1. The van der Waals surface area contributed by atoms with E-state index in [0.29, 0.717) is 17.5 Å². The number of carbonyl (C=O) groups excluding carboxylic acids is 1. The molecule has 2 aliphatic rings. The number of pyridine rings is 1. The van der Waals surface area contributed by atoms with Crippen LogP contribution in [0.25, 0.3) is 10.9 Å². The predicted octanol–water partition coefficient (Wildman–Crippen LogP) is 3.38. The first-order chi connectivity index (χ1) is 15.4. The number of hydrogen-bond acceptors (Lipinski definition) is 4. The molecule has 2 N–H and O–H groups in total. The van der Waals surface area contributed by atoms with Crippen LogP contribution in [0.5, 0.6) is 0 Å². The number of aromatic carboxylic acids is 1. The van der Waals surface area contributed by atoms with Gasteiger partial charge >= 0.3 is 18.1 Å². The smallest absolute Gasteiger partial charge is 0.471 e. The Labute approximate surface area is 186 Å². The van der Waals surface area contributed by atoms with E-state index < -0.39 is 40.3 Å². The molecular formula is C22H23F4N3O4. The van der Waals surface area contributed by atoms with E-state index in [2.05, 4.69) is 0 Å². The van der Waals surface area contributed by atoms with Gasteiger partial charge in [-0.25, -0.2) is 9.18 Å². The second-order valence-electron chi connectivity index (χ2n) is 8.93. The standard InChI is InChI=1S/C22H23F4N3O4/c1-3-21(8-27-20(33)22(24,25)26)9-28(10-21)17-11(2)16-13(6-15(17)23)18(30)14(19(31)32)7-29(16)12-4-5-12/h6-7,12H,3-5,8-10H2,1-2H3,(H,27,33)(H,31,32). The number of alkyl halides is 3. The molecule has 1 saturated carbocycles. The van der Waals surface area contributed by atoms with Gasteiger partial charge in [-0.1, -0.05) is 6.92 Å². The van der Waals surface area contributed by atoms with Gasteiger partial charge in [-0.15, -0.1) is 0 Å². The molecule has 0 bridgehead atoms. The van der Waals surface area contributed by atoms with Crippen molar-refractivity contribution < 1.29 is 32.3 Å². The second kappa shape index (κ2) is 7.74. The Bertz CT molecular complexity index is 1210. The summed E-state index contributed by atoms with van der Waals surface area (Å²) in [5.74, 6) is -4.09. The Kier molecular flexibility index (Phi) is 5.41. The summed E-state index contributed by atoms with van der Waals surface area (Å²) in [6.45, 7) is 3.70. The molecule has 0 atom stereocenters. The number of fused-ring (bicyclic) bond motifs is 1. The lowest BCUT2D eigenvalue weighted by Crippen LogP contribution is -2.62.